The molecule has 1 heterocycles. The average Bonchev–Trinajstić information content (AvgIpc) is 2.36. The lowest BCUT2D eigenvalue weighted by molar-refractivity contribution is 0.146. The van der Waals surface area contributed by atoms with Crippen molar-refractivity contribution < 1.29 is 4.74 Å². The van der Waals surface area contributed by atoms with E-state index in [-0.39, 0.29) is 0 Å². The second-order valence-corrected chi connectivity index (χ2v) is 5.68. The fourth-order valence-electron chi connectivity index (χ4n) is 2.21. The molecule has 18 heavy (non-hydrogen) atoms. The Hall–Kier alpha value is -0.580. The Bertz CT molecular complexity index is 389. The summed E-state index contributed by atoms with van der Waals surface area (Å²) in [7, 11) is 2.18. The summed E-state index contributed by atoms with van der Waals surface area (Å²) in [6, 6.07) is 6.26. The number of rotatable bonds is 4. The third-order valence-electron chi connectivity index (χ3n) is 3.31. The van der Waals surface area contributed by atoms with E-state index in [0.29, 0.717) is 0 Å². The number of halogens is 1. The van der Waals surface area contributed by atoms with Crippen molar-refractivity contribution in [1.82, 2.24) is 9.80 Å². The third-order valence-corrected chi connectivity index (χ3v) is 3.81. The minimum atomic E-state index is 0.720. The summed E-state index contributed by atoms with van der Waals surface area (Å²) in [6.45, 7) is 8.29. The van der Waals surface area contributed by atoms with Crippen molar-refractivity contribution in [2.45, 2.75) is 13.5 Å². The molecule has 0 aromatic heterocycles. The highest BCUT2D eigenvalue weighted by Crippen LogP contribution is 2.25. The predicted octanol–water partition coefficient (Wildman–Crippen LogP) is 2.60. The number of hydrogen-bond acceptors (Lipinski definition) is 3. The monoisotopic (exact) mass is 312 g/mol. The Morgan fingerprint density at radius 3 is 2.61 bits per heavy atom. The molecule has 1 aliphatic rings. The molecule has 0 amide bonds. The van der Waals surface area contributed by atoms with Gasteiger partial charge in [-0.05, 0) is 32.2 Å². The van der Waals surface area contributed by atoms with Crippen LogP contribution in [0.1, 0.15) is 12.5 Å². The Balaban J connectivity index is 2.05. The van der Waals surface area contributed by atoms with E-state index in [1.54, 1.807) is 0 Å². The van der Waals surface area contributed by atoms with Crippen LogP contribution in [0.5, 0.6) is 5.75 Å². The SMILES string of the molecule is CCOc1ccc(Br)cc1CN1CCN(C)CC1. The van der Waals surface area contributed by atoms with Gasteiger partial charge < -0.3 is 9.64 Å². The normalized spacial score (nSPS) is 17.9. The lowest BCUT2D eigenvalue weighted by Gasteiger charge is -2.32. The minimum absolute atomic E-state index is 0.720. The zero-order valence-corrected chi connectivity index (χ0v) is 12.7. The first-order valence-corrected chi connectivity index (χ1v) is 7.30. The molecule has 1 fully saturated rings. The molecule has 0 unspecified atom stereocenters. The summed E-state index contributed by atoms with van der Waals surface area (Å²) >= 11 is 3.54. The van der Waals surface area contributed by atoms with E-state index in [4.69, 9.17) is 4.74 Å². The zero-order valence-electron chi connectivity index (χ0n) is 11.2. The molecule has 1 saturated heterocycles. The first-order chi connectivity index (χ1) is 8.69. The lowest BCUT2D eigenvalue weighted by atomic mass is 10.1. The molecule has 0 saturated carbocycles. The Morgan fingerprint density at radius 1 is 1.22 bits per heavy atom. The van der Waals surface area contributed by atoms with Crippen LogP contribution in [0.3, 0.4) is 0 Å². The first-order valence-electron chi connectivity index (χ1n) is 6.51. The number of nitrogens with zero attached hydrogens (tertiary/aromatic N) is 2. The highest BCUT2D eigenvalue weighted by atomic mass is 79.9. The van der Waals surface area contributed by atoms with Crippen molar-refractivity contribution in [2.75, 3.05) is 39.8 Å². The second-order valence-electron chi connectivity index (χ2n) is 4.76. The van der Waals surface area contributed by atoms with Crippen LogP contribution in [0.15, 0.2) is 22.7 Å². The molecule has 2 rings (SSSR count). The molecular weight excluding hydrogens is 292 g/mol. The van der Waals surface area contributed by atoms with E-state index in [0.717, 1.165) is 49.6 Å². The van der Waals surface area contributed by atoms with Crippen molar-refractivity contribution in [3.63, 3.8) is 0 Å². The summed E-state index contributed by atoms with van der Waals surface area (Å²) in [5.74, 6) is 1.01. The molecule has 0 spiro atoms. The highest BCUT2D eigenvalue weighted by Gasteiger charge is 2.15. The molecule has 1 aromatic rings. The van der Waals surface area contributed by atoms with E-state index in [9.17, 15) is 0 Å². The van der Waals surface area contributed by atoms with E-state index in [1.807, 2.05) is 13.0 Å². The van der Waals surface area contributed by atoms with Gasteiger partial charge in [0.05, 0.1) is 6.61 Å². The molecule has 3 nitrogen and oxygen atoms in total. The Kier molecular flexibility index (Phi) is 5.03. The molecule has 0 N–H and O–H groups in total. The largest absolute Gasteiger partial charge is 0.494 e. The van der Waals surface area contributed by atoms with Crippen LogP contribution in [0.25, 0.3) is 0 Å². The summed E-state index contributed by atoms with van der Waals surface area (Å²) < 4.78 is 6.82. The van der Waals surface area contributed by atoms with Gasteiger partial charge in [0.25, 0.3) is 0 Å². The van der Waals surface area contributed by atoms with Gasteiger partial charge in [0.15, 0.2) is 0 Å². The molecule has 1 aliphatic heterocycles. The smallest absolute Gasteiger partial charge is 0.123 e. The van der Waals surface area contributed by atoms with Crippen molar-refractivity contribution >= 4 is 15.9 Å². The minimum Gasteiger partial charge on any atom is -0.494 e. The highest BCUT2D eigenvalue weighted by molar-refractivity contribution is 9.10. The molecular formula is C14H21BrN2O. The van der Waals surface area contributed by atoms with Crippen molar-refractivity contribution in [3.05, 3.63) is 28.2 Å². The van der Waals surface area contributed by atoms with Gasteiger partial charge in [-0.2, -0.15) is 0 Å². The molecule has 0 radical (unpaired) electrons. The fraction of sp³-hybridized carbons (Fsp3) is 0.571. The maximum absolute atomic E-state index is 5.70. The predicted molar refractivity (Wildman–Crippen MR) is 78.1 cm³/mol. The van der Waals surface area contributed by atoms with Crippen LogP contribution in [-0.4, -0.2) is 49.6 Å². The Morgan fingerprint density at radius 2 is 1.94 bits per heavy atom. The maximum atomic E-state index is 5.70. The van der Waals surface area contributed by atoms with Gasteiger partial charge >= 0.3 is 0 Å². The summed E-state index contributed by atoms with van der Waals surface area (Å²) in [4.78, 5) is 4.87. The van der Waals surface area contributed by atoms with Crippen molar-refractivity contribution in [1.29, 1.82) is 0 Å². The van der Waals surface area contributed by atoms with Crippen molar-refractivity contribution in [2.24, 2.45) is 0 Å². The number of piperazine rings is 1. The van der Waals surface area contributed by atoms with Crippen LogP contribution < -0.4 is 4.74 Å². The second kappa shape index (κ2) is 6.55. The molecule has 0 bridgehead atoms. The third kappa shape index (κ3) is 3.70. The van der Waals surface area contributed by atoms with Crippen LogP contribution in [0.4, 0.5) is 0 Å². The van der Waals surface area contributed by atoms with Crippen LogP contribution in [0.2, 0.25) is 0 Å². The maximum Gasteiger partial charge on any atom is 0.123 e. The van der Waals surface area contributed by atoms with E-state index in [2.05, 4.69) is 44.9 Å². The van der Waals surface area contributed by atoms with E-state index < -0.39 is 0 Å². The molecule has 4 heteroatoms. The van der Waals surface area contributed by atoms with Crippen LogP contribution in [0, 0.1) is 0 Å². The fourth-order valence-corrected chi connectivity index (χ4v) is 2.62. The topological polar surface area (TPSA) is 15.7 Å². The zero-order chi connectivity index (χ0) is 13.0. The van der Waals surface area contributed by atoms with Gasteiger partial charge in [-0.25, -0.2) is 0 Å². The molecule has 0 atom stereocenters. The quantitative estimate of drug-likeness (QED) is 0.850. The summed E-state index contributed by atoms with van der Waals surface area (Å²) in [5, 5.41) is 0. The van der Waals surface area contributed by atoms with E-state index in [1.165, 1.54) is 5.56 Å². The summed E-state index contributed by atoms with van der Waals surface area (Å²) in [6.07, 6.45) is 0. The number of benzene rings is 1. The number of ether oxygens (including phenoxy) is 1. The standard InChI is InChI=1S/C14H21BrN2O/c1-3-18-14-5-4-13(15)10-12(14)11-17-8-6-16(2)7-9-17/h4-5,10H,3,6-9,11H2,1-2H3. The van der Waals surface area contributed by atoms with Crippen molar-refractivity contribution in [3.8, 4) is 5.75 Å². The van der Waals surface area contributed by atoms with Gasteiger partial charge in [-0.3, -0.25) is 4.90 Å². The van der Waals surface area contributed by atoms with E-state index >= 15 is 0 Å². The van der Waals surface area contributed by atoms with Gasteiger partial charge in [-0.15, -0.1) is 0 Å². The van der Waals surface area contributed by atoms with Crippen LogP contribution >= 0.6 is 15.9 Å². The molecule has 1 aromatic carbocycles. The number of hydrogen-bond donors (Lipinski definition) is 0. The van der Waals surface area contributed by atoms with Gasteiger partial charge in [0, 0.05) is 42.8 Å². The molecule has 0 aliphatic carbocycles. The first kappa shape index (κ1) is 13.8. The average molecular weight is 313 g/mol. The number of likely N-dealkylation sites (N-methyl/N-ethyl adjacent to an activating group) is 1. The van der Waals surface area contributed by atoms with Gasteiger partial charge in [-0.1, -0.05) is 15.9 Å². The lowest BCUT2D eigenvalue weighted by Crippen LogP contribution is -2.43. The summed E-state index contributed by atoms with van der Waals surface area (Å²) in [5.41, 5.74) is 1.27. The van der Waals surface area contributed by atoms with Crippen LogP contribution in [-0.2, 0) is 6.54 Å². The Labute approximate surface area is 118 Å². The molecule has 100 valence electrons. The van der Waals surface area contributed by atoms with Gasteiger partial charge in [0.1, 0.15) is 5.75 Å². The van der Waals surface area contributed by atoms with Gasteiger partial charge in [0.2, 0.25) is 0 Å².